The first-order chi connectivity index (χ1) is 11.2. The van der Waals surface area contributed by atoms with E-state index in [9.17, 15) is 14.4 Å². The number of nitrogens with one attached hydrogen (secondary N) is 1. The van der Waals surface area contributed by atoms with Gasteiger partial charge in [-0.15, -0.1) is 0 Å². The van der Waals surface area contributed by atoms with E-state index in [-0.39, 0.29) is 31.3 Å². The molecule has 9 nitrogen and oxygen atoms in total. The number of ether oxygens (including phenoxy) is 3. The minimum absolute atomic E-state index is 0.0897. The highest BCUT2D eigenvalue weighted by Crippen LogP contribution is 2.28. The highest BCUT2D eigenvalue weighted by atomic mass is 16.7. The van der Waals surface area contributed by atoms with Crippen LogP contribution in [0.5, 0.6) is 0 Å². The smallest absolute Gasteiger partial charge is 0.408 e. The van der Waals surface area contributed by atoms with E-state index in [0.29, 0.717) is 0 Å². The van der Waals surface area contributed by atoms with Crippen LogP contribution in [0.25, 0.3) is 0 Å². The summed E-state index contributed by atoms with van der Waals surface area (Å²) in [4.78, 5) is 40.7. The van der Waals surface area contributed by atoms with Crippen LogP contribution in [-0.2, 0) is 28.6 Å². The molecule has 0 aromatic carbocycles. The zero-order valence-electron chi connectivity index (χ0n) is 14.2. The van der Waals surface area contributed by atoms with Crippen molar-refractivity contribution < 1.29 is 33.4 Å². The molecule has 24 heavy (non-hydrogen) atoms. The molecule has 1 N–H and O–H groups in total. The second-order valence-electron chi connectivity index (χ2n) is 6.51. The molecule has 1 amide bonds. The second-order valence-corrected chi connectivity index (χ2v) is 6.51. The Morgan fingerprint density at radius 2 is 2.12 bits per heavy atom. The Hall–Kier alpha value is -2.32. The second kappa shape index (κ2) is 7.06. The van der Waals surface area contributed by atoms with Crippen molar-refractivity contribution in [3.8, 4) is 0 Å². The van der Waals surface area contributed by atoms with Crippen LogP contribution in [0.3, 0.4) is 0 Å². The monoisotopic (exact) mass is 342 g/mol. The molecule has 3 atom stereocenters. The number of esters is 2. The number of carbonyl (C=O) groups is 3. The van der Waals surface area contributed by atoms with Gasteiger partial charge >= 0.3 is 18.0 Å². The van der Waals surface area contributed by atoms with E-state index >= 15 is 0 Å². The molecule has 1 saturated heterocycles. The van der Waals surface area contributed by atoms with Gasteiger partial charge in [0.15, 0.2) is 5.71 Å². The van der Waals surface area contributed by atoms with Crippen LogP contribution in [0.1, 0.15) is 34.1 Å². The van der Waals surface area contributed by atoms with E-state index in [1.54, 1.807) is 27.7 Å². The van der Waals surface area contributed by atoms with Gasteiger partial charge < -0.3 is 24.4 Å². The van der Waals surface area contributed by atoms with Crippen molar-refractivity contribution in [2.75, 3.05) is 13.2 Å². The number of alkyl carbamates (subject to hydrolysis) is 1. The van der Waals surface area contributed by atoms with Crippen molar-refractivity contribution in [2.45, 2.75) is 51.9 Å². The molecule has 0 aromatic heterocycles. The molecular weight excluding hydrogens is 320 g/mol. The molecule has 0 aromatic rings. The van der Waals surface area contributed by atoms with Crippen LogP contribution < -0.4 is 5.32 Å². The summed E-state index contributed by atoms with van der Waals surface area (Å²) in [5, 5.41) is 6.19. The van der Waals surface area contributed by atoms with Crippen molar-refractivity contribution in [3.05, 3.63) is 0 Å². The lowest BCUT2D eigenvalue weighted by molar-refractivity contribution is -0.147. The largest absolute Gasteiger partial charge is 0.464 e. The third kappa shape index (κ3) is 4.36. The van der Waals surface area contributed by atoms with Crippen molar-refractivity contribution in [1.82, 2.24) is 5.32 Å². The first-order valence-electron chi connectivity index (χ1n) is 7.78. The van der Waals surface area contributed by atoms with E-state index < -0.39 is 35.8 Å². The Balaban J connectivity index is 2.00. The Morgan fingerprint density at radius 3 is 2.75 bits per heavy atom. The predicted octanol–water partition coefficient (Wildman–Crippen LogP) is 0.761. The van der Waals surface area contributed by atoms with Crippen molar-refractivity contribution in [2.24, 2.45) is 11.1 Å². The molecular formula is C15H22N2O7. The molecule has 134 valence electrons. The Morgan fingerprint density at radius 1 is 1.42 bits per heavy atom. The fraction of sp³-hybridized carbons (Fsp3) is 0.733. The number of nitrogens with zero attached hydrogens (tertiary/aromatic N) is 1. The number of oxime groups is 1. The molecule has 0 bridgehead atoms. The highest BCUT2D eigenvalue weighted by Gasteiger charge is 2.46. The van der Waals surface area contributed by atoms with E-state index in [1.807, 2.05) is 0 Å². The summed E-state index contributed by atoms with van der Waals surface area (Å²) in [7, 11) is 0. The zero-order valence-corrected chi connectivity index (χ0v) is 14.2. The molecule has 9 heteroatoms. The van der Waals surface area contributed by atoms with Crippen LogP contribution in [0.4, 0.5) is 4.79 Å². The number of hydrogen-bond donors (Lipinski definition) is 1. The SMILES string of the molecule is CCOC(=O)[C@H](C[C@@H]1ON=C2C(=O)OC[C@@H]21)NC(=O)OC(C)(C)C. The van der Waals surface area contributed by atoms with Crippen LogP contribution in [0.2, 0.25) is 0 Å². The van der Waals surface area contributed by atoms with Gasteiger partial charge in [-0.05, 0) is 27.7 Å². The summed E-state index contributed by atoms with van der Waals surface area (Å²) < 4.78 is 15.0. The van der Waals surface area contributed by atoms with Gasteiger partial charge in [0.25, 0.3) is 0 Å². The van der Waals surface area contributed by atoms with E-state index in [4.69, 9.17) is 19.0 Å². The quantitative estimate of drug-likeness (QED) is 0.580. The first-order valence-corrected chi connectivity index (χ1v) is 7.78. The molecule has 2 aliphatic rings. The topological polar surface area (TPSA) is 113 Å². The lowest BCUT2D eigenvalue weighted by Gasteiger charge is -2.24. The van der Waals surface area contributed by atoms with Gasteiger partial charge in [0.05, 0.1) is 12.5 Å². The number of fused-ring (bicyclic) bond motifs is 1. The van der Waals surface area contributed by atoms with E-state index in [1.165, 1.54) is 0 Å². The number of cyclic esters (lactones) is 1. The lowest BCUT2D eigenvalue weighted by atomic mass is 9.95. The average Bonchev–Trinajstić information content (AvgIpc) is 3.00. The van der Waals surface area contributed by atoms with Crippen LogP contribution in [0.15, 0.2) is 5.16 Å². The highest BCUT2D eigenvalue weighted by molar-refractivity contribution is 6.39. The molecule has 0 radical (unpaired) electrons. The number of amides is 1. The van der Waals surface area contributed by atoms with Crippen LogP contribution in [0, 0.1) is 5.92 Å². The molecule has 2 rings (SSSR count). The minimum atomic E-state index is -0.977. The van der Waals surface area contributed by atoms with Gasteiger partial charge in [0.1, 0.15) is 24.4 Å². The summed E-state index contributed by atoms with van der Waals surface area (Å²) in [5.41, 5.74) is -0.491. The maximum Gasteiger partial charge on any atom is 0.408 e. The maximum atomic E-state index is 12.1. The number of rotatable bonds is 5. The summed E-state index contributed by atoms with van der Waals surface area (Å²) in [5.74, 6) is -1.48. The van der Waals surface area contributed by atoms with Gasteiger partial charge in [-0.3, -0.25) is 0 Å². The summed E-state index contributed by atoms with van der Waals surface area (Å²) in [6, 6.07) is -0.977. The minimum Gasteiger partial charge on any atom is -0.464 e. The van der Waals surface area contributed by atoms with Crippen molar-refractivity contribution >= 4 is 23.7 Å². The van der Waals surface area contributed by atoms with E-state index in [0.717, 1.165) is 0 Å². The average molecular weight is 342 g/mol. The van der Waals surface area contributed by atoms with Gasteiger partial charge in [-0.25, -0.2) is 14.4 Å². The molecule has 2 heterocycles. The summed E-state index contributed by atoms with van der Waals surface area (Å²) in [6.07, 6.45) is -1.21. The van der Waals surface area contributed by atoms with Crippen LogP contribution >= 0.6 is 0 Å². The Bertz CT molecular complexity index is 553. The molecule has 0 unspecified atom stereocenters. The molecule has 1 fully saturated rings. The summed E-state index contributed by atoms with van der Waals surface area (Å²) >= 11 is 0. The normalized spacial score (nSPS) is 23.5. The maximum absolute atomic E-state index is 12.1. The van der Waals surface area contributed by atoms with E-state index in [2.05, 4.69) is 10.5 Å². The standard InChI is InChI=1S/C15H22N2O7/c1-5-21-12(18)9(16-14(20)23-15(2,3)4)6-10-8-7-22-13(19)11(8)17-24-10/h8-10H,5-7H2,1-4H3,(H,16,20)/t8-,9+,10+/m1/s1. The Labute approximate surface area is 139 Å². The number of carbonyl (C=O) groups excluding carboxylic acids is 3. The van der Waals surface area contributed by atoms with Crippen molar-refractivity contribution in [1.29, 1.82) is 0 Å². The molecule has 0 spiro atoms. The van der Waals surface area contributed by atoms with Gasteiger partial charge in [0.2, 0.25) is 0 Å². The Kier molecular flexibility index (Phi) is 5.30. The predicted molar refractivity (Wildman–Crippen MR) is 81.2 cm³/mol. The zero-order chi connectivity index (χ0) is 17.9. The van der Waals surface area contributed by atoms with Crippen LogP contribution in [-0.4, -0.2) is 54.7 Å². The third-order valence-electron chi connectivity index (χ3n) is 3.42. The van der Waals surface area contributed by atoms with Gasteiger partial charge in [-0.1, -0.05) is 5.16 Å². The number of hydrogen-bond acceptors (Lipinski definition) is 8. The lowest BCUT2D eigenvalue weighted by Crippen LogP contribution is -2.46. The fourth-order valence-corrected chi connectivity index (χ4v) is 2.40. The third-order valence-corrected chi connectivity index (χ3v) is 3.42. The molecule has 2 aliphatic heterocycles. The van der Waals surface area contributed by atoms with Gasteiger partial charge in [0, 0.05) is 6.42 Å². The van der Waals surface area contributed by atoms with Crippen molar-refractivity contribution in [3.63, 3.8) is 0 Å². The van der Waals surface area contributed by atoms with Gasteiger partial charge in [-0.2, -0.15) is 0 Å². The molecule has 0 aliphatic carbocycles. The fourth-order valence-electron chi connectivity index (χ4n) is 2.40. The summed E-state index contributed by atoms with van der Waals surface area (Å²) in [6.45, 7) is 7.13. The first kappa shape index (κ1) is 18.0. The molecule has 0 saturated carbocycles.